The third kappa shape index (κ3) is 1.39. The summed E-state index contributed by atoms with van der Waals surface area (Å²) in [5.74, 6) is -0.700. The topological polar surface area (TPSA) is 60.8 Å². The van der Waals surface area contributed by atoms with Gasteiger partial charge in [-0.3, -0.25) is 9.69 Å². The predicted octanol–water partition coefficient (Wildman–Crippen LogP) is 0.695. The fraction of sp³-hybridized carbons (Fsp3) is 0.917. The van der Waals surface area contributed by atoms with Crippen molar-refractivity contribution < 1.29 is 15.0 Å². The van der Waals surface area contributed by atoms with E-state index in [2.05, 4.69) is 4.90 Å². The first-order chi connectivity index (χ1) is 7.68. The molecule has 2 N–H and O–H groups in total. The number of nitrogens with zero attached hydrogens (tertiary/aromatic N) is 1. The molecule has 0 radical (unpaired) electrons. The predicted molar refractivity (Wildman–Crippen MR) is 58.0 cm³/mol. The van der Waals surface area contributed by atoms with Gasteiger partial charge >= 0.3 is 5.97 Å². The fourth-order valence-electron chi connectivity index (χ4n) is 4.07. The number of hydrogen-bond acceptors (Lipinski definition) is 3. The van der Waals surface area contributed by atoms with Crippen LogP contribution in [0.2, 0.25) is 0 Å². The van der Waals surface area contributed by atoms with Crippen molar-refractivity contribution in [3.8, 4) is 0 Å². The number of carboxylic acids is 1. The molecular formula is C12H19NO3. The average Bonchev–Trinajstić information content (AvgIpc) is 2.83. The van der Waals surface area contributed by atoms with Crippen LogP contribution in [0.1, 0.15) is 32.1 Å². The molecule has 2 heterocycles. The van der Waals surface area contributed by atoms with Crippen molar-refractivity contribution >= 4 is 5.97 Å². The Morgan fingerprint density at radius 3 is 2.75 bits per heavy atom. The Kier molecular flexibility index (Phi) is 2.44. The second-order valence-corrected chi connectivity index (χ2v) is 5.52. The van der Waals surface area contributed by atoms with Crippen LogP contribution in [0.25, 0.3) is 0 Å². The molecule has 0 bridgehead atoms. The van der Waals surface area contributed by atoms with Crippen LogP contribution in [0.15, 0.2) is 0 Å². The normalized spacial score (nSPS) is 47.7. The molecule has 0 aromatic rings. The smallest absolute Gasteiger partial charge is 0.306 e. The maximum Gasteiger partial charge on any atom is 0.306 e. The lowest BCUT2D eigenvalue weighted by molar-refractivity contribution is -0.144. The van der Waals surface area contributed by atoms with E-state index in [0.717, 1.165) is 25.8 Å². The second kappa shape index (κ2) is 3.70. The molecule has 1 saturated carbocycles. The van der Waals surface area contributed by atoms with Crippen molar-refractivity contribution in [1.82, 2.24) is 4.90 Å². The van der Waals surface area contributed by atoms with Crippen LogP contribution in [-0.2, 0) is 4.79 Å². The van der Waals surface area contributed by atoms with Gasteiger partial charge in [-0.25, -0.2) is 0 Å². The highest BCUT2D eigenvalue weighted by Gasteiger charge is 2.52. The van der Waals surface area contributed by atoms with E-state index in [1.807, 2.05) is 0 Å². The van der Waals surface area contributed by atoms with Gasteiger partial charge in [0, 0.05) is 18.0 Å². The third-order valence-corrected chi connectivity index (χ3v) is 4.81. The van der Waals surface area contributed by atoms with Gasteiger partial charge in [-0.15, -0.1) is 0 Å². The zero-order valence-corrected chi connectivity index (χ0v) is 9.38. The van der Waals surface area contributed by atoms with E-state index in [0.29, 0.717) is 18.5 Å². The lowest BCUT2D eigenvalue weighted by atomic mass is 9.76. The number of aliphatic carboxylic acids is 1. The molecule has 0 spiro atoms. The Labute approximate surface area is 95.2 Å². The average molecular weight is 225 g/mol. The molecule has 3 rings (SSSR count). The van der Waals surface area contributed by atoms with Crippen LogP contribution in [0.4, 0.5) is 0 Å². The van der Waals surface area contributed by atoms with Crippen LogP contribution >= 0.6 is 0 Å². The zero-order chi connectivity index (χ0) is 11.3. The summed E-state index contributed by atoms with van der Waals surface area (Å²) in [5.41, 5.74) is 0. The quantitative estimate of drug-likeness (QED) is 0.689. The molecule has 3 fully saturated rings. The SMILES string of the molecule is O=C(O)[C@@H]1CC[C@@H]2[C@@H](C1)[C@@H](O)[C@@H]1CCCN21. The molecule has 1 aliphatic carbocycles. The lowest BCUT2D eigenvalue weighted by Gasteiger charge is -2.33. The van der Waals surface area contributed by atoms with Crippen LogP contribution < -0.4 is 0 Å². The maximum atomic E-state index is 11.0. The molecule has 4 heteroatoms. The van der Waals surface area contributed by atoms with Crippen LogP contribution in [-0.4, -0.2) is 45.8 Å². The van der Waals surface area contributed by atoms with Crippen molar-refractivity contribution in [3.63, 3.8) is 0 Å². The first kappa shape index (κ1) is 10.5. The Bertz CT molecular complexity index is 307. The van der Waals surface area contributed by atoms with Gasteiger partial charge in [-0.2, -0.15) is 0 Å². The Hall–Kier alpha value is -0.610. The van der Waals surface area contributed by atoms with Crippen molar-refractivity contribution in [1.29, 1.82) is 0 Å². The molecule has 0 unspecified atom stereocenters. The molecule has 2 saturated heterocycles. The fourth-order valence-corrected chi connectivity index (χ4v) is 4.07. The number of aliphatic hydroxyl groups excluding tert-OH is 1. The van der Waals surface area contributed by atoms with E-state index in [4.69, 9.17) is 5.11 Å². The van der Waals surface area contributed by atoms with E-state index < -0.39 is 5.97 Å². The second-order valence-electron chi connectivity index (χ2n) is 5.52. The Balaban J connectivity index is 1.77. The monoisotopic (exact) mass is 225 g/mol. The summed E-state index contributed by atoms with van der Waals surface area (Å²) in [5, 5.41) is 19.3. The van der Waals surface area contributed by atoms with E-state index >= 15 is 0 Å². The zero-order valence-electron chi connectivity index (χ0n) is 9.38. The molecule has 0 amide bonds. The summed E-state index contributed by atoms with van der Waals surface area (Å²) in [6.07, 6.45) is 4.41. The first-order valence-corrected chi connectivity index (χ1v) is 6.35. The molecule has 4 nitrogen and oxygen atoms in total. The van der Waals surface area contributed by atoms with E-state index in [1.165, 1.54) is 6.42 Å². The molecule has 0 aromatic carbocycles. The van der Waals surface area contributed by atoms with Crippen molar-refractivity contribution in [3.05, 3.63) is 0 Å². The first-order valence-electron chi connectivity index (χ1n) is 6.35. The van der Waals surface area contributed by atoms with Gasteiger partial charge in [0.2, 0.25) is 0 Å². The molecule has 5 atom stereocenters. The van der Waals surface area contributed by atoms with Crippen molar-refractivity contribution in [2.75, 3.05) is 6.54 Å². The van der Waals surface area contributed by atoms with Crippen molar-refractivity contribution in [2.45, 2.75) is 50.3 Å². The molecule has 0 aromatic heterocycles. The number of carbonyl (C=O) groups is 1. The number of aliphatic hydroxyl groups is 1. The summed E-state index contributed by atoms with van der Waals surface area (Å²) < 4.78 is 0. The van der Waals surface area contributed by atoms with Crippen molar-refractivity contribution in [2.24, 2.45) is 11.8 Å². The van der Waals surface area contributed by atoms with Gasteiger partial charge in [0.05, 0.1) is 12.0 Å². The Morgan fingerprint density at radius 1 is 1.19 bits per heavy atom. The number of hydrogen-bond donors (Lipinski definition) is 2. The standard InChI is InChI=1S/C12H19NO3/c14-11-8-6-7(12(15)16)3-4-9(8)13-5-1-2-10(11)13/h7-11,14H,1-6H2,(H,15,16)/t7-,8-,9-,10+,11-/m1/s1. The minimum absolute atomic E-state index is 0.208. The summed E-state index contributed by atoms with van der Waals surface area (Å²) in [4.78, 5) is 13.4. The van der Waals surface area contributed by atoms with Gasteiger partial charge in [0.1, 0.15) is 0 Å². The summed E-state index contributed by atoms with van der Waals surface area (Å²) >= 11 is 0. The highest BCUT2D eigenvalue weighted by molar-refractivity contribution is 5.70. The van der Waals surface area contributed by atoms with Crippen LogP contribution in [0, 0.1) is 11.8 Å². The largest absolute Gasteiger partial charge is 0.481 e. The highest BCUT2D eigenvalue weighted by atomic mass is 16.4. The van der Waals surface area contributed by atoms with Gasteiger partial charge in [0.25, 0.3) is 0 Å². The summed E-state index contributed by atoms with van der Waals surface area (Å²) in [6, 6.07) is 0.778. The van der Waals surface area contributed by atoms with E-state index in [-0.39, 0.29) is 17.9 Å². The number of carboxylic acid groups (broad SMARTS) is 1. The maximum absolute atomic E-state index is 11.0. The highest BCUT2D eigenvalue weighted by Crippen LogP contribution is 2.45. The third-order valence-electron chi connectivity index (χ3n) is 4.81. The van der Waals surface area contributed by atoms with Crippen LogP contribution in [0.3, 0.4) is 0 Å². The molecule has 16 heavy (non-hydrogen) atoms. The summed E-state index contributed by atoms with van der Waals surface area (Å²) in [6.45, 7) is 1.10. The van der Waals surface area contributed by atoms with Gasteiger partial charge in [0.15, 0.2) is 0 Å². The Morgan fingerprint density at radius 2 is 2.00 bits per heavy atom. The molecule has 2 aliphatic heterocycles. The number of fused-ring (bicyclic) bond motifs is 3. The molecule has 3 aliphatic rings. The molecular weight excluding hydrogens is 206 g/mol. The van der Waals surface area contributed by atoms with E-state index in [1.54, 1.807) is 0 Å². The van der Waals surface area contributed by atoms with Gasteiger partial charge in [-0.05, 0) is 38.6 Å². The summed E-state index contributed by atoms with van der Waals surface area (Å²) in [7, 11) is 0. The van der Waals surface area contributed by atoms with E-state index in [9.17, 15) is 9.90 Å². The molecule has 90 valence electrons. The van der Waals surface area contributed by atoms with Crippen LogP contribution in [0.5, 0.6) is 0 Å². The lowest BCUT2D eigenvalue weighted by Crippen LogP contribution is -2.39. The van der Waals surface area contributed by atoms with Gasteiger partial charge in [-0.1, -0.05) is 0 Å². The minimum atomic E-state index is -0.683. The van der Waals surface area contributed by atoms with Gasteiger partial charge < -0.3 is 10.2 Å². The number of rotatable bonds is 1. The minimum Gasteiger partial charge on any atom is -0.481 e.